The zero-order chi connectivity index (χ0) is 14.6. The molecule has 0 saturated carbocycles. The van der Waals surface area contributed by atoms with Gasteiger partial charge in [0.05, 0.1) is 11.0 Å². The molecule has 1 aromatic carbocycles. The van der Waals surface area contributed by atoms with Crippen molar-refractivity contribution >= 4 is 17.4 Å². The first-order valence-corrected chi connectivity index (χ1v) is 5.79. The lowest BCUT2D eigenvalue weighted by Crippen LogP contribution is -2.23. The lowest BCUT2D eigenvalue weighted by Gasteiger charge is -2.08. The van der Waals surface area contributed by atoms with Crippen molar-refractivity contribution in [3.8, 4) is 0 Å². The number of hydrogen-bond donors (Lipinski definition) is 0. The van der Waals surface area contributed by atoms with Crippen molar-refractivity contribution in [1.82, 2.24) is 0 Å². The number of ether oxygens (including phenoxy) is 1. The summed E-state index contributed by atoms with van der Waals surface area (Å²) < 4.78 is 4.78. The topological polar surface area (TPSA) is 86.5 Å². The summed E-state index contributed by atoms with van der Waals surface area (Å²) in [6, 6.07) is 4.43. The number of nitro groups is 1. The number of benzene rings is 1. The summed E-state index contributed by atoms with van der Waals surface area (Å²) in [5, 5.41) is 10.8. The summed E-state index contributed by atoms with van der Waals surface area (Å²) in [6.45, 7) is 4.84. The van der Waals surface area contributed by atoms with Crippen molar-refractivity contribution in [3.63, 3.8) is 0 Å². The van der Waals surface area contributed by atoms with Gasteiger partial charge >= 0.3 is 5.97 Å². The Morgan fingerprint density at radius 2 is 2.00 bits per heavy atom. The molecule has 0 saturated heterocycles. The number of esters is 1. The van der Waals surface area contributed by atoms with Gasteiger partial charge in [-0.3, -0.25) is 14.9 Å². The molecule has 0 amide bonds. The average Bonchev–Trinajstić information content (AvgIpc) is 2.30. The van der Waals surface area contributed by atoms with Crippen molar-refractivity contribution in [2.45, 2.75) is 33.3 Å². The second-order valence-corrected chi connectivity index (χ2v) is 4.37. The van der Waals surface area contributed by atoms with E-state index in [0.29, 0.717) is 11.1 Å². The molecule has 0 aliphatic carbocycles. The largest absolute Gasteiger partial charge is 0.457 e. The standard InChI is InChI=1S/C13H15NO5/c1-8(2)19-13(16)12(15)7-10-5-4-6-11(9(10)3)14(17)18/h4-6,8H,7H2,1-3H3. The summed E-state index contributed by atoms with van der Waals surface area (Å²) in [5.41, 5.74) is 0.778. The van der Waals surface area contributed by atoms with Gasteiger partial charge in [-0.05, 0) is 26.3 Å². The molecule has 0 unspecified atom stereocenters. The van der Waals surface area contributed by atoms with Crippen LogP contribution in [0.5, 0.6) is 0 Å². The van der Waals surface area contributed by atoms with Crippen molar-refractivity contribution in [3.05, 3.63) is 39.4 Å². The van der Waals surface area contributed by atoms with Gasteiger partial charge in [-0.2, -0.15) is 0 Å². The number of Topliss-reactive ketones (excluding diaryl/α,β-unsaturated/α-hetero) is 1. The summed E-state index contributed by atoms with van der Waals surface area (Å²) in [7, 11) is 0. The smallest absolute Gasteiger partial charge is 0.375 e. The minimum absolute atomic E-state index is 0.0671. The van der Waals surface area contributed by atoms with Crippen LogP contribution in [0.2, 0.25) is 0 Å². The van der Waals surface area contributed by atoms with E-state index < -0.39 is 16.7 Å². The molecule has 0 fully saturated rings. The van der Waals surface area contributed by atoms with Gasteiger partial charge in [0, 0.05) is 18.1 Å². The van der Waals surface area contributed by atoms with Gasteiger partial charge in [-0.1, -0.05) is 12.1 Å². The molecule has 102 valence electrons. The van der Waals surface area contributed by atoms with Gasteiger partial charge in [-0.15, -0.1) is 0 Å². The lowest BCUT2D eigenvalue weighted by atomic mass is 10.0. The van der Waals surface area contributed by atoms with Crippen LogP contribution < -0.4 is 0 Å². The molecule has 0 aliphatic heterocycles. The number of ketones is 1. The predicted octanol–water partition coefficient (Wildman–Crippen LogP) is 1.97. The molecule has 1 aromatic rings. The maximum absolute atomic E-state index is 11.6. The number of nitrogens with zero attached hydrogens (tertiary/aromatic N) is 1. The Morgan fingerprint density at radius 1 is 1.37 bits per heavy atom. The van der Waals surface area contributed by atoms with Gasteiger partial charge in [0.2, 0.25) is 5.78 Å². The van der Waals surface area contributed by atoms with Gasteiger partial charge < -0.3 is 4.74 Å². The van der Waals surface area contributed by atoms with Crippen LogP contribution in [-0.4, -0.2) is 22.8 Å². The second kappa shape index (κ2) is 6.08. The Kier molecular flexibility index (Phi) is 4.74. The molecule has 0 atom stereocenters. The average molecular weight is 265 g/mol. The van der Waals surface area contributed by atoms with Crippen LogP contribution in [0.15, 0.2) is 18.2 Å². The number of hydrogen-bond acceptors (Lipinski definition) is 5. The molecule has 0 heterocycles. The van der Waals surface area contributed by atoms with Gasteiger partial charge in [-0.25, -0.2) is 4.79 Å². The van der Waals surface area contributed by atoms with Crippen molar-refractivity contribution in [2.75, 3.05) is 0 Å². The van der Waals surface area contributed by atoms with E-state index in [1.807, 2.05) is 0 Å². The van der Waals surface area contributed by atoms with Crippen molar-refractivity contribution in [2.24, 2.45) is 0 Å². The maximum atomic E-state index is 11.6. The number of carbonyl (C=O) groups excluding carboxylic acids is 2. The van der Waals surface area contributed by atoms with E-state index in [0.717, 1.165) is 0 Å². The third-order valence-electron chi connectivity index (χ3n) is 2.54. The van der Waals surface area contributed by atoms with E-state index in [-0.39, 0.29) is 18.2 Å². The number of carbonyl (C=O) groups is 2. The second-order valence-electron chi connectivity index (χ2n) is 4.37. The fraction of sp³-hybridized carbons (Fsp3) is 0.385. The molecule has 6 heteroatoms. The molecule has 0 aromatic heterocycles. The van der Waals surface area contributed by atoms with Gasteiger partial charge in [0.1, 0.15) is 0 Å². The molecular weight excluding hydrogens is 250 g/mol. The lowest BCUT2D eigenvalue weighted by molar-refractivity contribution is -0.385. The minimum atomic E-state index is -0.916. The Labute approximate surface area is 110 Å². The number of rotatable bonds is 5. The van der Waals surface area contributed by atoms with E-state index in [9.17, 15) is 19.7 Å². The SMILES string of the molecule is Cc1c(CC(=O)C(=O)OC(C)C)cccc1[N+](=O)[O-]. The Morgan fingerprint density at radius 3 is 2.53 bits per heavy atom. The monoisotopic (exact) mass is 265 g/mol. The molecule has 19 heavy (non-hydrogen) atoms. The molecule has 0 radical (unpaired) electrons. The summed E-state index contributed by atoms with van der Waals surface area (Å²) in [4.78, 5) is 33.3. The zero-order valence-electron chi connectivity index (χ0n) is 11.0. The van der Waals surface area contributed by atoms with Crippen molar-refractivity contribution < 1.29 is 19.2 Å². The molecule has 0 spiro atoms. The van der Waals surface area contributed by atoms with E-state index in [4.69, 9.17) is 4.74 Å². The van der Waals surface area contributed by atoms with E-state index in [1.165, 1.54) is 12.1 Å². The van der Waals surface area contributed by atoms with Crippen LogP contribution in [0.4, 0.5) is 5.69 Å². The molecule has 0 bridgehead atoms. The molecule has 1 rings (SSSR count). The van der Waals surface area contributed by atoms with Crippen LogP contribution in [0.25, 0.3) is 0 Å². The Hall–Kier alpha value is -2.24. The first-order chi connectivity index (χ1) is 8.82. The molecular formula is C13H15NO5. The zero-order valence-corrected chi connectivity index (χ0v) is 11.0. The van der Waals surface area contributed by atoms with Crippen LogP contribution in [0.3, 0.4) is 0 Å². The first-order valence-electron chi connectivity index (χ1n) is 5.79. The highest BCUT2D eigenvalue weighted by molar-refractivity contribution is 6.34. The highest BCUT2D eigenvalue weighted by Gasteiger charge is 2.20. The summed E-state index contributed by atoms with van der Waals surface area (Å²) >= 11 is 0. The third-order valence-corrected chi connectivity index (χ3v) is 2.54. The van der Waals surface area contributed by atoms with Gasteiger partial charge in [0.15, 0.2) is 0 Å². The molecule has 0 N–H and O–H groups in total. The predicted molar refractivity (Wildman–Crippen MR) is 67.8 cm³/mol. The number of nitro benzene ring substituents is 1. The van der Waals surface area contributed by atoms with Crippen LogP contribution in [0, 0.1) is 17.0 Å². The molecule has 0 aliphatic rings. The summed E-state index contributed by atoms with van der Waals surface area (Å²) in [5.74, 6) is -1.63. The quantitative estimate of drug-likeness (QED) is 0.351. The third kappa shape index (κ3) is 3.87. The van der Waals surface area contributed by atoms with Crippen LogP contribution in [0.1, 0.15) is 25.0 Å². The first kappa shape index (κ1) is 14.8. The Balaban J connectivity index is 2.89. The Bertz CT molecular complexity index is 522. The van der Waals surface area contributed by atoms with E-state index in [1.54, 1.807) is 26.8 Å². The fourth-order valence-electron chi connectivity index (χ4n) is 1.58. The van der Waals surface area contributed by atoms with Crippen LogP contribution in [-0.2, 0) is 20.7 Å². The highest BCUT2D eigenvalue weighted by Crippen LogP contribution is 2.21. The fourth-order valence-corrected chi connectivity index (χ4v) is 1.58. The minimum Gasteiger partial charge on any atom is -0.457 e. The van der Waals surface area contributed by atoms with Gasteiger partial charge in [0.25, 0.3) is 5.69 Å². The van der Waals surface area contributed by atoms with Crippen LogP contribution >= 0.6 is 0 Å². The van der Waals surface area contributed by atoms with Crippen molar-refractivity contribution in [1.29, 1.82) is 0 Å². The maximum Gasteiger partial charge on any atom is 0.375 e. The highest BCUT2D eigenvalue weighted by atomic mass is 16.6. The van der Waals surface area contributed by atoms with E-state index >= 15 is 0 Å². The molecule has 6 nitrogen and oxygen atoms in total. The summed E-state index contributed by atoms with van der Waals surface area (Å²) in [6.07, 6.45) is -0.568. The van der Waals surface area contributed by atoms with E-state index in [2.05, 4.69) is 0 Å². The normalized spacial score (nSPS) is 10.3.